The van der Waals surface area contributed by atoms with Gasteiger partial charge in [0, 0.05) is 18.1 Å². The van der Waals surface area contributed by atoms with Crippen molar-refractivity contribution < 1.29 is 9.53 Å². The summed E-state index contributed by atoms with van der Waals surface area (Å²) in [5.74, 6) is -0.143. The van der Waals surface area contributed by atoms with Crippen LogP contribution in [0.3, 0.4) is 0 Å². The minimum Gasteiger partial charge on any atom is -0.473 e. The molecular formula is C12H12N2O2S. The highest BCUT2D eigenvalue weighted by Crippen LogP contribution is 2.20. The predicted molar refractivity (Wildman–Crippen MR) is 67.8 cm³/mol. The third-order valence-electron chi connectivity index (χ3n) is 2.32. The lowest BCUT2D eigenvalue weighted by Gasteiger charge is -2.15. The quantitative estimate of drug-likeness (QED) is 0.837. The van der Waals surface area contributed by atoms with Crippen molar-refractivity contribution in [2.24, 2.45) is 0 Å². The molecule has 0 saturated carbocycles. The van der Waals surface area contributed by atoms with E-state index < -0.39 is 0 Å². The van der Waals surface area contributed by atoms with Gasteiger partial charge in [-0.3, -0.25) is 4.79 Å². The van der Waals surface area contributed by atoms with Gasteiger partial charge in [0.15, 0.2) is 0 Å². The van der Waals surface area contributed by atoms with E-state index in [0.717, 1.165) is 5.69 Å². The molecule has 1 aromatic heterocycles. The second-order valence-corrected chi connectivity index (χ2v) is 4.22. The fourth-order valence-corrected chi connectivity index (χ4v) is 2.00. The van der Waals surface area contributed by atoms with Gasteiger partial charge in [0.2, 0.25) is 0 Å². The summed E-state index contributed by atoms with van der Waals surface area (Å²) in [4.78, 5) is 17.7. The summed E-state index contributed by atoms with van der Waals surface area (Å²) in [5, 5.41) is 2.19. The number of carbonyl (C=O) groups excluding carboxylic acids is 1. The van der Waals surface area contributed by atoms with Crippen molar-refractivity contribution in [1.29, 1.82) is 0 Å². The molecule has 0 unspecified atom stereocenters. The Morgan fingerprint density at radius 3 is 2.65 bits per heavy atom. The molecule has 0 N–H and O–H groups in total. The zero-order valence-corrected chi connectivity index (χ0v) is 10.4. The molecular weight excluding hydrogens is 236 g/mol. The number of para-hydroxylation sites is 1. The maximum atomic E-state index is 12.1. The summed E-state index contributed by atoms with van der Waals surface area (Å²) in [7, 11) is 3.26. The van der Waals surface area contributed by atoms with E-state index in [-0.39, 0.29) is 5.91 Å². The lowest BCUT2D eigenvalue weighted by Crippen LogP contribution is -2.26. The van der Waals surface area contributed by atoms with Crippen molar-refractivity contribution in [1.82, 2.24) is 4.98 Å². The van der Waals surface area contributed by atoms with Gasteiger partial charge in [-0.2, -0.15) is 4.98 Å². The zero-order chi connectivity index (χ0) is 12.3. The van der Waals surface area contributed by atoms with Gasteiger partial charge in [-0.05, 0) is 12.1 Å². The Morgan fingerprint density at radius 1 is 1.35 bits per heavy atom. The van der Waals surface area contributed by atoms with Crippen LogP contribution in [0.1, 0.15) is 10.5 Å². The summed E-state index contributed by atoms with van der Waals surface area (Å²) in [6, 6.07) is 9.44. The summed E-state index contributed by atoms with van der Waals surface area (Å²) in [5.41, 5.74) is 1.24. The maximum absolute atomic E-state index is 12.1. The van der Waals surface area contributed by atoms with Gasteiger partial charge in [-0.25, -0.2) is 0 Å². The molecule has 0 bridgehead atoms. The minimum atomic E-state index is -0.143. The molecule has 0 atom stereocenters. The lowest BCUT2D eigenvalue weighted by molar-refractivity contribution is 0.0988. The largest absolute Gasteiger partial charge is 0.473 e. The van der Waals surface area contributed by atoms with Crippen LogP contribution in [0.5, 0.6) is 5.19 Å². The van der Waals surface area contributed by atoms with Crippen LogP contribution in [-0.2, 0) is 0 Å². The number of methoxy groups -OCH3 is 1. The van der Waals surface area contributed by atoms with Crippen molar-refractivity contribution in [3.8, 4) is 5.19 Å². The molecule has 0 aliphatic rings. The number of anilines is 1. The average Bonchev–Trinajstić information content (AvgIpc) is 2.87. The van der Waals surface area contributed by atoms with Crippen LogP contribution < -0.4 is 9.64 Å². The summed E-state index contributed by atoms with van der Waals surface area (Å²) in [6.45, 7) is 0. The van der Waals surface area contributed by atoms with Crippen LogP contribution in [0.25, 0.3) is 0 Å². The van der Waals surface area contributed by atoms with Crippen LogP contribution in [0.15, 0.2) is 35.7 Å². The molecule has 2 rings (SSSR count). The van der Waals surface area contributed by atoms with Gasteiger partial charge in [-0.1, -0.05) is 29.5 Å². The molecule has 0 fully saturated rings. The van der Waals surface area contributed by atoms with Gasteiger partial charge >= 0.3 is 0 Å². The number of hydrogen-bond donors (Lipinski definition) is 0. The standard InChI is InChI=1S/C12H12N2O2S/c1-14(9-6-4-3-5-7-9)11(15)10-8-17-12(13-10)16-2/h3-8H,1-2H3. The predicted octanol–water partition coefficient (Wildman–Crippen LogP) is 2.43. The van der Waals surface area contributed by atoms with Crippen LogP contribution in [0, 0.1) is 0 Å². The Morgan fingerprint density at radius 2 is 2.06 bits per heavy atom. The Bertz CT molecular complexity index is 510. The smallest absolute Gasteiger partial charge is 0.277 e. The first-order valence-corrected chi connectivity index (χ1v) is 5.93. The molecule has 1 amide bonds. The average molecular weight is 248 g/mol. The number of nitrogens with zero attached hydrogens (tertiary/aromatic N) is 2. The number of thiazole rings is 1. The topological polar surface area (TPSA) is 42.4 Å². The summed E-state index contributed by atoms with van der Waals surface area (Å²) >= 11 is 1.31. The van der Waals surface area contributed by atoms with E-state index in [2.05, 4.69) is 4.98 Å². The van der Waals surface area contributed by atoms with Gasteiger partial charge in [0.05, 0.1) is 7.11 Å². The highest BCUT2D eigenvalue weighted by Gasteiger charge is 2.16. The second-order valence-electron chi connectivity index (χ2n) is 3.40. The molecule has 0 radical (unpaired) electrons. The molecule has 0 saturated heterocycles. The second kappa shape index (κ2) is 4.97. The van der Waals surface area contributed by atoms with Crippen LogP contribution in [0.2, 0.25) is 0 Å². The fraction of sp³-hybridized carbons (Fsp3) is 0.167. The molecule has 1 aromatic carbocycles. The van der Waals surface area contributed by atoms with Gasteiger partial charge in [-0.15, -0.1) is 0 Å². The normalized spacial score (nSPS) is 10.0. The monoisotopic (exact) mass is 248 g/mol. The van der Waals surface area contributed by atoms with Crippen molar-refractivity contribution in [3.05, 3.63) is 41.4 Å². The molecule has 0 spiro atoms. The molecule has 2 aromatic rings. The number of aromatic nitrogens is 1. The molecule has 17 heavy (non-hydrogen) atoms. The van der Waals surface area contributed by atoms with E-state index in [4.69, 9.17) is 4.74 Å². The number of hydrogen-bond acceptors (Lipinski definition) is 4. The Hall–Kier alpha value is -1.88. The molecule has 88 valence electrons. The Kier molecular flexibility index (Phi) is 3.39. The van der Waals surface area contributed by atoms with E-state index in [9.17, 15) is 4.79 Å². The third kappa shape index (κ3) is 2.45. The zero-order valence-electron chi connectivity index (χ0n) is 9.58. The number of benzene rings is 1. The van der Waals surface area contributed by atoms with Crippen molar-refractivity contribution >= 4 is 22.9 Å². The first kappa shape index (κ1) is 11.6. The van der Waals surface area contributed by atoms with Crippen molar-refractivity contribution in [3.63, 3.8) is 0 Å². The fourth-order valence-electron chi connectivity index (χ4n) is 1.39. The highest BCUT2D eigenvalue weighted by molar-refractivity contribution is 7.11. The summed E-state index contributed by atoms with van der Waals surface area (Å²) in [6.07, 6.45) is 0. The van der Waals surface area contributed by atoms with Gasteiger partial charge < -0.3 is 9.64 Å². The lowest BCUT2D eigenvalue weighted by atomic mass is 10.3. The first-order valence-electron chi connectivity index (χ1n) is 5.05. The maximum Gasteiger partial charge on any atom is 0.277 e. The van der Waals surface area contributed by atoms with Crippen molar-refractivity contribution in [2.75, 3.05) is 19.1 Å². The molecule has 1 heterocycles. The van der Waals surface area contributed by atoms with E-state index in [0.29, 0.717) is 10.9 Å². The Balaban J connectivity index is 2.20. The van der Waals surface area contributed by atoms with E-state index in [1.807, 2.05) is 30.3 Å². The minimum absolute atomic E-state index is 0.143. The van der Waals surface area contributed by atoms with Crippen molar-refractivity contribution in [2.45, 2.75) is 0 Å². The highest BCUT2D eigenvalue weighted by atomic mass is 32.1. The number of rotatable bonds is 3. The van der Waals surface area contributed by atoms with Gasteiger partial charge in [0.1, 0.15) is 5.69 Å². The number of ether oxygens (including phenoxy) is 1. The van der Waals surface area contributed by atoms with Gasteiger partial charge in [0.25, 0.3) is 11.1 Å². The van der Waals surface area contributed by atoms with E-state index >= 15 is 0 Å². The molecule has 0 aliphatic heterocycles. The third-order valence-corrected chi connectivity index (χ3v) is 3.13. The number of amides is 1. The first-order chi connectivity index (χ1) is 8.22. The van der Waals surface area contributed by atoms with E-state index in [1.165, 1.54) is 18.4 Å². The van der Waals surface area contributed by atoms with Crippen LogP contribution >= 0.6 is 11.3 Å². The van der Waals surface area contributed by atoms with Crippen LogP contribution in [0.4, 0.5) is 5.69 Å². The Labute approximate surface area is 103 Å². The molecule has 0 aliphatic carbocycles. The SMILES string of the molecule is COc1nc(C(=O)N(C)c2ccccc2)cs1. The number of carbonyl (C=O) groups is 1. The molecule has 4 nitrogen and oxygen atoms in total. The molecule has 5 heteroatoms. The summed E-state index contributed by atoms with van der Waals surface area (Å²) < 4.78 is 4.97. The van der Waals surface area contributed by atoms with Crippen LogP contribution in [-0.4, -0.2) is 25.0 Å². The van der Waals surface area contributed by atoms with E-state index in [1.54, 1.807) is 17.3 Å².